The normalized spacial score (nSPS) is 9.64. The van der Waals surface area contributed by atoms with Gasteiger partial charge in [-0.3, -0.25) is 0 Å². The molecule has 0 bridgehead atoms. The predicted molar refractivity (Wildman–Crippen MR) is 72.4 cm³/mol. The van der Waals surface area contributed by atoms with Gasteiger partial charge in [-0.15, -0.1) is 48.0 Å². The maximum atomic E-state index is 4.90. The molecule has 4 N–H and O–H groups in total. The minimum atomic E-state index is -0.700. The van der Waals surface area contributed by atoms with E-state index in [1.54, 1.807) is 0 Å². The molecule has 11 heavy (non-hydrogen) atoms. The van der Waals surface area contributed by atoms with Crippen LogP contribution in [0.4, 0.5) is 0 Å². The molecule has 0 radical (unpaired) electrons. The zero-order valence-corrected chi connectivity index (χ0v) is 13.9. The molecule has 0 fully saturated rings. The molecule has 0 saturated heterocycles. The molecule has 0 aliphatic carbocycles. The molecule has 0 heterocycles. The Balaban J connectivity index is -0.0000000383. The Hall–Kier alpha value is 2.04. The second kappa shape index (κ2) is 14.6. The Morgan fingerprint density at radius 2 is 0.909 bits per heavy atom. The van der Waals surface area contributed by atoms with Crippen LogP contribution in [0.15, 0.2) is 0 Å². The van der Waals surface area contributed by atoms with Crippen LogP contribution in [-0.2, 0) is 15.5 Å². The van der Waals surface area contributed by atoms with Gasteiger partial charge in [-0.25, -0.2) is 0 Å². The average Bonchev–Trinajstić information content (AvgIpc) is 1.61. The fourth-order valence-corrected chi connectivity index (χ4v) is 0. The van der Waals surface area contributed by atoms with Crippen LogP contribution in [0.2, 0.25) is 21.6 Å². The Morgan fingerprint density at radius 1 is 0.818 bits per heavy atom. The second-order valence-electron chi connectivity index (χ2n) is 2.47. The minimum absolute atomic E-state index is 0. The van der Waals surface area contributed by atoms with Crippen molar-refractivity contribution in [2.24, 2.45) is 11.5 Å². The molecule has 0 amide bonds. The SMILES string of the molecule is I.I.NCCN.[CH3][Pd]([CH3])([CH3])[CH3]. The van der Waals surface area contributed by atoms with Crippen molar-refractivity contribution in [3.05, 3.63) is 0 Å². The van der Waals surface area contributed by atoms with E-state index in [1.807, 2.05) is 0 Å². The molecule has 0 aromatic carbocycles. The molecule has 0 spiro atoms. The van der Waals surface area contributed by atoms with Crippen LogP contribution in [0.3, 0.4) is 0 Å². The number of halogens is 2. The third kappa shape index (κ3) is 131. The summed E-state index contributed by atoms with van der Waals surface area (Å²) in [5.41, 5.74) is 9.81. The standard InChI is InChI=1S/C2H8N2.4CH3.2HI.Pd/c3-1-2-4;;;;;;;/h1-4H2;4*1H3;2*1H;. The van der Waals surface area contributed by atoms with Gasteiger partial charge in [0.05, 0.1) is 0 Å². The van der Waals surface area contributed by atoms with Gasteiger partial charge in [0.1, 0.15) is 0 Å². The first-order chi connectivity index (χ1) is 3.91. The van der Waals surface area contributed by atoms with E-state index in [9.17, 15) is 0 Å². The van der Waals surface area contributed by atoms with E-state index in [0.29, 0.717) is 13.1 Å². The van der Waals surface area contributed by atoms with Crippen LogP contribution < -0.4 is 11.5 Å². The average molecular weight is 482 g/mol. The van der Waals surface area contributed by atoms with Crippen LogP contribution in [0, 0.1) is 0 Å². The van der Waals surface area contributed by atoms with Crippen LogP contribution in [0.1, 0.15) is 0 Å². The predicted octanol–water partition coefficient (Wildman–Crippen LogP) is 2.47. The van der Waals surface area contributed by atoms with E-state index in [1.165, 1.54) is 0 Å². The third-order valence-electron chi connectivity index (χ3n) is 0.167. The molecular weight excluding hydrogens is 460 g/mol. The van der Waals surface area contributed by atoms with Crippen LogP contribution >= 0.6 is 48.0 Å². The summed E-state index contributed by atoms with van der Waals surface area (Å²) in [5.74, 6) is 0. The maximum absolute atomic E-state index is 4.90. The van der Waals surface area contributed by atoms with Crippen molar-refractivity contribution in [2.45, 2.75) is 21.6 Å². The number of nitrogens with two attached hydrogens (primary N) is 2. The van der Waals surface area contributed by atoms with Crippen LogP contribution in [0.5, 0.6) is 0 Å². The summed E-state index contributed by atoms with van der Waals surface area (Å²) in [6, 6.07) is 0. The quantitative estimate of drug-likeness (QED) is 0.446. The van der Waals surface area contributed by atoms with E-state index in [4.69, 9.17) is 11.5 Å². The molecule has 0 aromatic rings. The van der Waals surface area contributed by atoms with Crippen molar-refractivity contribution in [1.82, 2.24) is 0 Å². The Bertz CT molecular complexity index is 49.0. The number of rotatable bonds is 1. The molecule has 5 heteroatoms. The van der Waals surface area contributed by atoms with Gasteiger partial charge in [0.2, 0.25) is 0 Å². The third-order valence-corrected chi connectivity index (χ3v) is 0.167. The second-order valence-corrected chi connectivity index (χ2v) is 11.8. The number of hydrogen-bond donors (Lipinski definition) is 2. The molecule has 2 nitrogen and oxygen atoms in total. The molecule has 0 atom stereocenters. The van der Waals surface area contributed by atoms with Gasteiger partial charge in [0.25, 0.3) is 0 Å². The zero-order chi connectivity index (χ0) is 7.91. The van der Waals surface area contributed by atoms with Crippen molar-refractivity contribution in [3.8, 4) is 0 Å². The van der Waals surface area contributed by atoms with Gasteiger partial charge < -0.3 is 11.5 Å². The van der Waals surface area contributed by atoms with E-state index < -0.39 is 15.5 Å². The Labute approximate surface area is 108 Å². The summed E-state index contributed by atoms with van der Waals surface area (Å²) in [7, 11) is 0. The summed E-state index contributed by atoms with van der Waals surface area (Å²) < 4.78 is 0. The number of hydrogen-bond acceptors (Lipinski definition) is 2. The van der Waals surface area contributed by atoms with E-state index in [0.717, 1.165) is 0 Å². The first kappa shape index (κ1) is 23.1. The van der Waals surface area contributed by atoms with Crippen molar-refractivity contribution >= 4 is 48.0 Å². The van der Waals surface area contributed by atoms with Gasteiger partial charge in [-0.2, -0.15) is 0 Å². The van der Waals surface area contributed by atoms with Crippen molar-refractivity contribution in [2.75, 3.05) is 13.1 Å². The zero-order valence-electron chi connectivity index (χ0n) is 7.70. The molecule has 0 saturated carbocycles. The molecule has 80 valence electrons. The molecular formula is C6H22I2N2Pd. The van der Waals surface area contributed by atoms with Gasteiger partial charge in [0, 0.05) is 13.1 Å². The summed E-state index contributed by atoms with van der Waals surface area (Å²) in [6.07, 6.45) is 0. The Kier molecular flexibility index (Phi) is 30.6. The topological polar surface area (TPSA) is 52.0 Å². The fourth-order valence-electron chi connectivity index (χ4n) is 0. The van der Waals surface area contributed by atoms with Crippen molar-refractivity contribution in [1.29, 1.82) is 0 Å². The van der Waals surface area contributed by atoms with E-state index >= 15 is 0 Å². The summed E-state index contributed by atoms with van der Waals surface area (Å²) in [4.78, 5) is 0. The Morgan fingerprint density at radius 3 is 0.909 bits per heavy atom. The first-order valence-corrected chi connectivity index (χ1v) is 8.80. The van der Waals surface area contributed by atoms with E-state index in [2.05, 4.69) is 21.6 Å². The van der Waals surface area contributed by atoms with Gasteiger partial charge >= 0.3 is 37.1 Å². The molecule has 0 aliphatic rings. The van der Waals surface area contributed by atoms with E-state index in [-0.39, 0.29) is 48.0 Å². The monoisotopic (exact) mass is 482 g/mol. The summed E-state index contributed by atoms with van der Waals surface area (Å²) in [6.45, 7) is 1.19. The molecule has 0 aromatic heterocycles. The molecule has 0 rings (SSSR count). The van der Waals surface area contributed by atoms with Crippen molar-refractivity contribution < 1.29 is 15.5 Å². The van der Waals surface area contributed by atoms with Crippen LogP contribution in [0.25, 0.3) is 0 Å². The van der Waals surface area contributed by atoms with Gasteiger partial charge in [-0.1, -0.05) is 0 Å². The van der Waals surface area contributed by atoms with Gasteiger partial charge in [0.15, 0.2) is 0 Å². The van der Waals surface area contributed by atoms with Gasteiger partial charge in [-0.05, 0) is 0 Å². The van der Waals surface area contributed by atoms with Crippen LogP contribution in [-0.4, -0.2) is 13.1 Å². The van der Waals surface area contributed by atoms with Crippen molar-refractivity contribution in [3.63, 3.8) is 0 Å². The molecule has 0 unspecified atom stereocenters. The first-order valence-electron chi connectivity index (χ1n) is 2.58. The summed E-state index contributed by atoms with van der Waals surface area (Å²) in [5, 5.41) is 9.35. The fraction of sp³-hybridized carbons (Fsp3) is 1.00. The summed E-state index contributed by atoms with van der Waals surface area (Å²) >= 11 is -0.700. The molecule has 0 aliphatic heterocycles.